The summed E-state index contributed by atoms with van der Waals surface area (Å²) in [7, 11) is 0. The molecule has 2 heteroatoms. The Labute approximate surface area is 54.9 Å². The molecule has 50 valence electrons. The van der Waals surface area contributed by atoms with E-state index in [1.807, 2.05) is 0 Å². The Hall–Kier alpha value is -0.660. The van der Waals surface area contributed by atoms with Crippen molar-refractivity contribution in [3.05, 3.63) is 12.0 Å². The lowest BCUT2D eigenvalue weighted by Gasteiger charge is -2.30. The maximum atomic E-state index is 4.88. The number of ether oxygens (including phenoxy) is 1. The van der Waals surface area contributed by atoms with Gasteiger partial charge in [-0.1, -0.05) is 0 Å². The molecule has 9 heavy (non-hydrogen) atoms. The minimum Gasteiger partial charge on any atom is -0.493 e. The van der Waals surface area contributed by atoms with Crippen molar-refractivity contribution in [2.75, 3.05) is 6.61 Å². The molecule has 1 saturated carbocycles. The fourth-order valence-electron chi connectivity index (χ4n) is 1.06. The van der Waals surface area contributed by atoms with E-state index in [0.29, 0.717) is 0 Å². The van der Waals surface area contributed by atoms with Crippen LogP contribution in [0.1, 0.15) is 19.3 Å². The van der Waals surface area contributed by atoms with Gasteiger partial charge in [0.25, 0.3) is 0 Å². The van der Waals surface area contributed by atoms with Crippen LogP contribution < -0.4 is 5.32 Å². The van der Waals surface area contributed by atoms with Crippen LogP contribution in [0.2, 0.25) is 0 Å². The summed E-state index contributed by atoms with van der Waals surface area (Å²) in [6.07, 6.45) is 5.89. The third-order valence-electron chi connectivity index (χ3n) is 1.96. The van der Waals surface area contributed by atoms with Gasteiger partial charge in [-0.25, -0.2) is 0 Å². The highest BCUT2D eigenvalue weighted by molar-refractivity contribution is 5.05. The Balaban J connectivity index is 1.76. The predicted octanol–water partition coefficient (Wildman–Crippen LogP) is 1.00. The second kappa shape index (κ2) is 1.94. The summed E-state index contributed by atoms with van der Waals surface area (Å²) in [6, 6.07) is 0.764. The van der Waals surface area contributed by atoms with Gasteiger partial charge in [-0.3, -0.25) is 0 Å². The molecule has 0 saturated heterocycles. The lowest BCUT2D eigenvalue weighted by atomic mass is 9.93. The zero-order valence-electron chi connectivity index (χ0n) is 5.39. The molecule has 0 amide bonds. The first kappa shape index (κ1) is 5.15. The molecule has 1 aliphatic carbocycles. The highest BCUT2D eigenvalue weighted by atomic mass is 16.5. The highest BCUT2D eigenvalue weighted by Crippen LogP contribution is 2.20. The van der Waals surface area contributed by atoms with Gasteiger partial charge in [0.05, 0.1) is 5.70 Å². The lowest BCUT2D eigenvalue weighted by Crippen LogP contribution is -2.37. The van der Waals surface area contributed by atoms with Crippen molar-refractivity contribution in [1.82, 2.24) is 5.32 Å². The zero-order valence-corrected chi connectivity index (χ0v) is 5.39. The standard InChI is InChI=1S/C7H11NO/c1-2-6(3-1)8-7-4-9-5-7/h4,6,8H,1-3,5H2. The van der Waals surface area contributed by atoms with Gasteiger partial charge in [-0.2, -0.15) is 0 Å². The first-order chi connectivity index (χ1) is 4.45. The molecule has 2 nitrogen and oxygen atoms in total. The van der Waals surface area contributed by atoms with Gasteiger partial charge in [-0.05, 0) is 19.3 Å². The van der Waals surface area contributed by atoms with E-state index in [1.165, 1.54) is 25.0 Å². The maximum absolute atomic E-state index is 4.88. The minimum absolute atomic E-state index is 0.764. The van der Waals surface area contributed by atoms with E-state index in [-0.39, 0.29) is 0 Å². The average molecular weight is 125 g/mol. The van der Waals surface area contributed by atoms with Gasteiger partial charge in [0.1, 0.15) is 12.9 Å². The first-order valence-corrected chi connectivity index (χ1v) is 3.52. The smallest absolute Gasteiger partial charge is 0.130 e. The number of rotatable bonds is 2. The van der Waals surface area contributed by atoms with Gasteiger partial charge in [-0.15, -0.1) is 0 Å². The Morgan fingerprint density at radius 3 is 2.67 bits per heavy atom. The molecular weight excluding hydrogens is 114 g/mol. The molecule has 1 fully saturated rings. The Morgan fingerprint density at radius 1 is 1.56 bits per heavy atom. The molecule has 0 spiro atoms. The summed E-state index contributed by atoms with van der Waals surface area (Å²) in [5.74, 6) is 0. The van der Waals surface area contributed by atoms with E-state index in [1.54, 1.807) is 6.26 Å². The molecule has 1 N–H and O–H groups in total. The highest BCUT2D eigenvalue weighted by Gasteiger charge is 2.19. The van der Waals surface area contributed by atoms with Crippen molar-refractivity contribution < 1.29 is 4.74 Å². The van der Waals surface area contributed by atoms with Crippen molar-refractivity contribution in [3.8, 4) is 0 Å². The second-order valence-corrected chi connectivity index (χ2v) is 2.73. The number of hydrogen-bond acceptors (Lipinski definition) is 2. The molecule has 0 radical (unpaired) electrons. The van der Waals surface area contributed by atoms with Crippen molar-refractivity contribution in [3.63, 3.8) is 0 Å². The van der Waals surface area contributed by atoms with Gasteiger partial charge in [0, 0.05) is 6.04 Å². The van der Waals surface area contributed by atoms with Crippen LogP contribution in [-0.4, -0.2) is 12.6 Å². The van der Waals surface area contributed by atoms with E-state index >= 15 is 0 Å². The molecule has 1 heterocycles. The fraction of sp³-hybridized carbons (Fsp3) is 0.714. The predicted molar refractivity (Wildman–Crippen MR) is 34.8 cm³/mol. The lowest BCUT2D eigenvalue weighted by molar-refractivity contribution is 0.197. The number of nitrogens with one attached hydrogen (secondary N) is 1. The van der Waals surface area contributed by atoms with Crippen LogP contribution in [0.15, 0.2) is 12.0 Å². The molecular formula is C7H11NO. The van der Waals surface area contributed by atoms with Crippen LogP contribution in [0.25, 0.3) is 0 Å². The van der Waals surface area contributed by atoms with Crippen LogP contribution in [0.3, 0.4) is 0 Å². The van der Waals surface area contributed by atoms with Crippen LogP contribution in [0, 0.1) is 0 Å². The largest absolute Gasteiger partial charge is 0.493 e. The van der Waals surface area contributed by atoms with Crippen LogP contribution in [-0.2, 0) is 4.74 Å². The molecule has 0 unspecified atom stereocenters. The number of hydrogen-bond donors (Lipinski definition) is 1. The molecule has 0 aromatic rings. The van der Waals surface area contributed by atoms with E-state index < -0.39 is 0 Å². The van der Waals surface area contributed by atoms with Crippen molar-refractivity contribution >= 4 is 0 Å². The normalized spacial score (nSPS) is 25.1. The molecule has 0 bridgehead atoms. The van der Waals surface area contributed by atoms with Crippen molar-refractivity contribution in [2.24, 2.45) is 0 Å². The van der Waals surface area contributed by atoms with E-state index in [4.69, 9.17) is 4.74 Å². The van der Waals surface area contributed by atoms with Gasteiger partial charge < -0.3 is 10.1 Å². The van der Waals surface area contributed by atoms with Crippen molar-refractivity contribution in [2.45, 2.75) is 25.3 Å². The average Bonchev–Trinajstić information content (AvgIpc) is 1.57. The van der Waals surface area contributed by atoms with Gasteiger partial charge >= 0.3 is 0 Å². The summed E-state index contributed by atoms with van der Waals surface area (Å²) >= 11 is 0. The Bertz CT molecular complexity index is 138. The first-order valence-electron chi connectivity index (χ1n) is 3.52. The van der Waals surface area contributed by atoms with Crippen LogP contribution in [0.5, 0.6) is 0 Å². The third-order valence-corrected chi connectivity index (χ3v) is 1.96. The van der Waals surface area contributed by atoms with E-state index in [0.717, 1.165) is 12.6 Å². The van der Waals surface area contributed by atoms with Crippen LogP contribution in [0.4, 0.5) is 0 Å². The van der Waals surface area contributed by atoms with E-state index in [2.05, 4.69) is 5.32 Å². The summed E-state index contributed by atoms with van der Waals surface area (Å²) in [4.78, 5) is 0. The van der Waals surface area contributed by atoms with Crippen molar-refractivity contribution in [1.29, 1.82) is 0 Å². The van der Waals surface area contributed by atoms with Gasteiger partial charge in [0.2, 0.25) is 0 Å². The minimum atomic E-state index is 0.764. The molecule has 0 aromatic heterocycles. The molecule has 0 atom stereocenters. The summed E-state index contributed by atoms with van der Waals surface area (Å²) in [5, 5.41) is 3.39. The molecule has 2 rings (SSSR count). The Morgan fingerprint density at radius 2 is 2.33 bits per heavy atom. The molecule has 2 aliphatic rings. The zero-order chi connectivity index (χ0) is 6.10. The maximum Gasteiger partial charge on any atom is 0.130 e. The quantitative estimate of drug-likeness (QED) is 0.594. The van der Waals surface area contributed by atoms with Crippen LogP contribution >= 0.6 is 0 Å². The molecule has 1 aliphatic heterocycles. The fourth-order valence-corrected chi connectivity index (χ4v) is 1.06. The monoisotopic (exact) mass is 125 g/mol. The summed E-state index contributed by atoms with van der Waals surface area (Å²) < 4.78 is 4.88. The molecule has 0 aromatic carbocycles. The Kier molecular flexibility index (Phi) is 1.11. The second-order valence-electron chi connectivity index (χ2n) is 2.73. The summed E-state index contributed by atoms with van der Waals surface area (Å²) in [6.45, 7) is 0.802. The third kappa shape index (κ3) is 0.889. The SMILES string of the molecule is C1=C(NC2CCC2)CO1. The van der Waals surface area contributed by atoms with Gasteiger partial charge in [0.15, 0.2) is 0 Å². The topological polar surface area (TPSA) is 21.3 Å². The van der Waals surface area contributed by atoms with E-state index in [9.17, 15) is 0 Å². The summed E-state index contributed by atoms with van der Waals surface area (Å²) in [5.41, 5.74) is 1.28.